The van der Waals surface area contributed by atoms with Gasteiger partial charge >= 0.3 is 0 Å². The fourth-order valence-corrected chi connectivity index (χ4v) is 4.13. The third kappa shape index (κ3) is 3.95. The number of fused-ring (bicyclic) bond motifs is 1. The fourth-order valence-electron chi connectivity index (χ4n) is 2.88. The third-order valence-electron chi connectivity index (χ3n) is 4.37. The van der Waals surface area contributed by atoms with Gasteiger partial charge in [0.1, 0.15) is 6.10 Å². The van der Waals surface area contributed by atoms with Gasteiger partial charge in [0, 0.05) is 13.0 Å². The highest BCUT2D eigenvalue weighted by Gasteiger charge is 2.25. The number of aliphatic hydroxyl groups is 2. The first-order chi connectivity index (χ1) is 12.4. The second-order valence-corrected chi connectivity index (χ2v) is 8.29. The fraction of sp³-hybridized carbons (Fsp3) is 0.412. The number of hydrogen-bond donors (Lipinski definition) is 2. The molecule has 0 bridgehead atoms. The minimum absolute atomic E-state index is 0.0858. The SMILES string of the molecule is O=C(CCS(=O)(=O)c1ccccc1)N1CCn2nc(C(O)CO)cc2C1. The summed E-state index contributed by atoms with van der Waals surface area (Å²) in [5, 5.41) is 22.9. The van der Waals surface area contributed by atoms with E-state index >= 15 is 0 Å². The summed E-state index contributed by atoms with van der Waals surface area (Å²) in [7, 11) is -3.49. The monoisotopic (exact) mass is 379 g/mol. The predicted molar refractivity (Wildman–Crippen MR) is 92.8 cm³/mol. The molecule has 1 unspecified atom stereocenters. The average molecular weight is 379 g/mol. The molecule has 26 heavy (non-hydrogen) atoms. The number of amides is 1. The van der Waals surface area contributed by atoms with Gasteiger partial charge in [-0.05, 0) is 18.2 Å². The highest BCUT2D eigenvalue weighted by atomic mass is 32.2. The lowest BCUT2D eigenvalue weighted by Gasteiger charge is -2.27. The summed E-state index contributed by atoms with van der Waals surface area (Å²) in [6.45, 7) is 0.768. The van der Waals surface area contributed by atoms with E-state index in [2.05, 4.69) is 5.10 Å². The zero-order valence-electron chi connectivity index (χ0n) is 14.2. The molecule has 2 N–H and O–H groups in total. The average Bonchev–Trinajstić information content (AvgIpc) is 3.09. The quantitative estimate of drug-likeness (QED) is 0.737. The Kier molecular flexibility index (Phi) is 5.40. The molecule has 0 saturated carbocycles. The molecule has 1 aromatic heterocycles. The Labute approximate surface area is 151 Å². The maximum Gasteiger partial charge on any atom is 0.224 e. The van der Waals surface area contributed by atoms with E-state index in [1.807, 2.05) is 0 Å². The molecule has 1 aliphatic heterocycles. The van der Waals surface area contributed by atoms with Crippen molar-refractivity contribution >= 4 is 15.7 Å². The van der Waals surface area contributed by atoms with E-state index in [1.54, 1.807) is 33.8 Å². The highest BCUT2D eigenvalue weighted by molar-refractivity contribution is 7.91. The van der Waals surface area contributed by atoms with Crippen LogP contribution in [0.25, 0.3) is 0 Å². The Morgan fingerprint density at radius 3 is 2.65 bits per heavy atom. The normalized spacial score (nSPS) is 15.5. The molecular formula is C17H21N3O5S. The van der Waals surface area contributed by atoms with Gasteiger partial charge in [-0.3, -0.25) is 9.48 Å². The number of carbonyl (C=O) groups excluding carboxylic acids is 1. The van der Waals surface area contributed by atoms with E-state index < -0.39 is 22.5 Å². The van der Waals surface area contributed by atoms with Gasteiger partial charge in [0.05, 0.1) is 41.7 Å². The Morgan fingerprint density at radius 2 is 1.96 bits per heavy atom. The molecule has 9 heteroatoms. The molecule has 8 nitrogen and oxygen atoms in total. The van der Waals surface area contributed by atoms with E-state index in [0.29, 0.717) is 25.3 Å². The predicted octanol–water partition coefficient (Wildman–Crippen LogP) is 0.115. The lowest BCUT2D eigenvalue weighted by atomic mass is 10.2. The lowest BCUT2D eigenvalue weighted by Crippen LogP contribution is -2.39. The molecule has 1 aromatic carbocycles. The van der Waals surface area contributed by atoms with Crippen LogP contribution in [0.2, 0.25) is 0 Å². The van der Waals surface area contributed by atoms with Gasteiger partial charge in [-0.2, -0.15) is 5.10 Å². The molecule has 1 amide bonds. The molecular weight excluding hydrogens is 358 g/mol. The molecule has 2 aromatic rings. The number of carbonyl (C=O) groups is 1. The molecule has 1 aliphatic rings. The number of aromatic nitrogens is 2. The molecule has 3 rings (SSSR count). The first-order valence-electron chi connectivity index (χ1n) is 8.32. The van der Waals surface area contributed by atoms with Crippen LogP contribution in [0.1, 0.15) is 23.9 Å². The van der Waals surface area contributed by atoms with E-state index in [9.17, 15) is 18.3 Å². The van der Waals surface area contributed by atoms with Gasteiger partial charge in [0.15, 0.2) is 9.84 Å². The van der Waals surface area contributed by atoms with Crippen molar-refractivity contribution in [3.63, 3.8) is 0 Å². The van der Waals surface area contributed by atoms with Crippen LogP contribution in [0.4, 0.5) is 0 Å². The molecule has 0 saturated heterocycles. The van der Waals surface area contributed by atoms with Crippen molar-refractivity contribution in [2.75, 3.05) is 18.9 Å². The molecule has 0 radical (unpaired) electrons. The number of rotatable bonds is 6. The Morgan fingerprint density at radius 1 is 1.23 bits per heavy atom. The largest absolute Gasteiger partial charge is 0.393 e. The Bertz CT molecular complexity index is 879. The van der Waals surface area contributed by atoms with Crippen molar-refractivity contribution in [1.29, 1.82) is 0 Å². The number of benzene rings is 1. The number of sulfone groups is 1. The van der Waals surface area contributed by atoms with Gasteiger partial charge < -0.3 is 15.1 Å². The summed E-state index contributed by atoms with van der Waals surface area (Å²) in [5.41, 5.74) is 1.11. The van der Waals surface area contributed by atoms with Crippen molar-refractivity contribution in [3.05, 3.63) is 47.8 Å². The van der Waals surface area contributed by atoms with Crippen LogP contribution in [0.3, 0.4) is 0 Å². The van der Waals surface area contributed by atoms with Gasteiger partial charge in [0.25, 0.3) is 0 Å². The van der Waals surface area contributed by atoms with Crippen LogP contribution in [0.15, 0.2) is 41.3 Å². The summed E-state index contributed by atoms with van der Waals surface area (Å²) in [6.07, 6.45) is -1.13. The summed E-state index contributed by atoms with van der Waals surface area (Å²) in [4.78, 5) is 14.2. The first kappa shape index (κ1) is 18.6. The number of nitrogens with zero attached hydrogens (tertiary/aromatic N) is 3. The van der Waals surface area contributed by atoms with E-state index in [4.69, 9.17) is 5.11 Å². The van der Waals surface area contributed by atoms with Crippen molar-refractivity contribution < 1.29 is 23.4 Å². The first-order valence-corrected chi connectivity index (χ1v) is 9.97. The second-order valence-electron chi connectivity index (χ2n) is 6.18. The second kappa shape index (κ2) is 7.56. The van der Waals surface area contributed by atoms with Crippen molar-refractivity contribution in [2.45, 2.75) is 30.5 Å². The zero-order chi connectivity index (χ0) is 18.7. The number of aliphatic hydroxyl groups excluding tert-OH is 2. The van der Waals surface area contributed by atoms with E-state index in [-0.39, 0.29) is 23.0 Å². The van der Waals surface area contributed by atoms with Crippen LogP contribution < -0.4 is 0 Å². The Hall–Kier alpha value is -2.23. The Balaban J connectivity index is 1.62. The molecule has 0 aliphatic carbocycles. The van der Waals surface area contributed by atoms with E-state index in [1.165, 1.54) is 12.1 Å². The zero-order valence-corrected chi connectivity index (χ0v) is 15.0. The van der Waals surface area contributed by atoms with E-state index in [0.717, 1.165) is 5.69 Å². The summed E-state index contributed by atoms with van der Waals surface area (Å²) >= 11 is 0. The minimum atomic E-state index is -3.49. The molecule has 1 atom stereocenters. The van der Waals surface area contributed by atoms with Crippen LogP contribution >= 0.6 is 0 Å². The molecule has 0 fully saturated rings. The smallest absolute Gasteiger partial charge is 0.224 e. The van der Waals surface area contributed by atoms with Gasteiger partial charge in [-0.15, -0.1) is 0 Å². The van der Waals surface area contributed by atoms with Gasteiger partial charge in [-0.1, -0.05) is 18.2 Å². The topological polar surface area (TPSA) is 113 Å². The van der Waals surface area contributed by atoms with Crippen molar-refractivity contribution in [3.8, 4) is 0 Å². The molecule has 0 spiro atoms. The number of hydrogen-bond acceptors (Lipinski definition) is 6. The van der Waals surface area contributed by atoms with Crippen LogP contribution in [-0.2, 0) is 27.7 Å². The summed E-state index contributed by atoms with van der Waals surface area (Å²) in [5.74, 6) is -0.471. The lowest BCUT2D eigenvalue weighted by molar-refractivity contribution is -0.132. The maximum atomic E-state index is 12.4. The van der Waals surface area contributed by atoms with Crippen LogP contribution in [0, 0.1) is 0 Å². The van der Waals surface area contributed by atoms with Gasteiger partial charge in [0.2, 0.25) is 5.91 Å². The summed E-state index contributed by atoms with van der Waals surface area (Å²) in [6, 6.07) is 9.74. The molecule has 2 heterocycles. The molecule has 140 valence electrons. The third-order valence-corrected chi connectivity index (χ3v) is 6.10. The van der Waals surface area contributed by atoms with Crippen LogP contribution in [-0.4, -0.2) is 58.1 Å². The van der Waals surface area contributed by atoms with Crippen molar-refractivity contribution in [2.24, 2.45) is 0 Å². The van der Waals surface area contributed by atoms with Crippen LogP contribution in [0.5, 0.6) is 0 Å². The highest BCUT2D eigenvalue weighted by Crippen LogP contribution is 2.19. The standard InChI is InChI=1S/C17H21N3O5S/c21-12-16(22)15-10-13-11-19(7-8-20(13)18-15)17(23)6-9-26(24,25)14-4-2-1-3-5-14/h1-5,10,16,21-22H,6-9,11-12H2. The maximum absolute atomic E-state index is 12.4. The minimum Gasteiger partial charge on any atom is -0.393 e. The summed E-state index contributed by atoms with van der Waals surface area (Å²) < 4.78 is 26.3. The van der Waals surface area contributed by atoms with Gasteiger partial charge in [-0.25, -0.2) is 8.42 Å². The van der Waals surface area contributed by atoms with Crippen molar-refractivity contribution in [1.82, 2.24) is 14.7 Å².